The van der Waals surface area contributed by atoms with E-state index in [0.29, 0.717) is 18.3 Å². The lowest BCUT2D eigenvalue weighted by Gasteiger charge is -2.28. The minimum atomic E-state index is 0.219. The van der Waals surface area contributed by atoms with Crippen molar-refractivity contribution in [2.45, 2.75) is 19.4 Å². The number of aldehydes is 1. The Balaban J connectivity index is 1.62. The van der Waals surface area contributed by atoms with Crippen LogP contribution in [0.1, 0.15) is 18.7 Å². The lowest BCUT2D eigenvalue weighted by molar-refractivity contribution is -0.112. The number of rotatable bonds is 4. The van der Waals surface area contributed by atoms with Crippen molar-refractivity contribution in [1.82, 2.24) is 15.0 Å². The Kier molecular flexibility index (Phi) is 3.87. The summed E-state index contributed by atoms with van der Waals surface area (Å²) in [6.45, 7) is 2.51. The van der Waals surface area contributed by atoms with Crippen LogP contribution in [0.5, 0.6) is 0 Å². The summed E-state index contributed by atoms with van der Waals surface area (Å²) in [5, 5.41) is 4.03. The smallest absolute Gasteiger partial charge is 0.257 e. The second-order valence-electron chi connectivity index (χ2n) is 5.13. The maximum Gasteiger partial charge on any atom is 0.257 e. The van der Waals surface area contributed by atoms with Crippen LogP contribution >= 0.6 is 0 Å². The minimum absolute atomic E-state index is 0.219. The molecule has 5 nitrogen and oxygen atoms in total. The van der Waals surface area contributed by atoms with Gasteiger partial charge in [-0.05, 0) is 38.1 Å². The Morgan fingerprint density at radius 1 is 1.25 bits per heavy atom. The van der Waals surface area contributed by atoms with Crippen LogP contribution in [-0.2, 0) is 11.3 Å². The third-order valence-corrected chi connectivity index (χ3v) is 3.68. The molecule has 0 atom stereocenters. The average Bonchev–Trinajstić information content (AvgIpc) is 2.97. The molecule has 3 rings (SSSR count). The second kappa shape index (κ2) is 5.96. The quantitative estimate of drug-likeness (QED) is 0.797. The fourth-order valence-electron chi connectivity index (χ4n) is 2.46. The first kappa shape index (κ1) is 13.0. The van der Waals surface area contributed by atoms with Crippen molar-refractivity contribution in [1.29, 1.82) is 0 Å². The van der Waals surface area contributed by atoms with Gasteiger partial charge in [-0.15, -0.1) is 0 Å². The largest absolute Gasteiger partial charge is 0.334 e. The molecule has 1 aliphatic rings. The number of likely N-dealkylation sites (tertiary alicyclic amines) is 1. The highest BCUT2D eigenvalue weighted by molar-refractivity contribution is 5.53. The van der Waals surface area contributed by atoms with Crippen LogP contribution in [0.4, 0.5) is 0 Å². The monoisotopic (exact) mass is 271 g/mol. The van der Waals surface area contributed by atoms with Gasteiger partial charge >= 0.3 is 0 Å². The van der Waals surface area contributed by atoms with Gasteiger partial charge in [0.25, 0.3) is 5.89 Å². The van der Waals surface area contributed by atoms with E-state index >= 15 is 0 Å². The molecule has 2 heterocycles. The molecule has 0 radical (unpaired) electrons. The predicted molar refractivity (Wildman–Crippen MR) is 73.8 cm³/mol. The summed E-state index contributed by atoms with van der Waals surface area (Å²) in [6.07, 6.45) is 2.92. The lowest BCUT2D eigenvalue weighted by atomic mass is 9.99. The van der Waals surface area contributed by atoms with Gasteiger partial charge in [0.05, 0.1) is 6.54 Å². The zero-order valence-electron chi connectivity index (χ0n) is 11.2. The fourth-order valence-corrected chi connectivity index (χ4v) is 2.46. The van der Waals surface area contributed by atoms with Gasteiger partial charge in [-0.25, -0.2) is 0 Å². The van der Waals surface area contributed by atoms with Gasteiger partial charge in [-0.3, -0.25) is 4.90 Å². The maximum atomic E-state index is 10.7. The van der Waals surface area contributed by atoms with E-state index in [1.807, 2.05) is 30.3 Å². The molecule has 0 amide bonds. The van der Waals surface area contributed by atoms with Crippen molar-refractivity contribution in [3.63, 3.8) is 0 Å². The number of benzene rings is 1. The van der Waals surface area contributed by atoms with Crippen LogP contribution in [0.3, 0.4) is 0 Å². The molecule has 20 heavy (non-hydrogen) atoms. The molecule has 0 bridgehead atoms. The minimum Gasteiger partial charge on any atom is -0.334 e. The lowest BCUT2D eigenvalue weighted by Crippen LogP contribution is -2.33. The molecule has 104 valence electrons. The van der Waals surface area contributed by atoms with E-state index in [1.165, 1.54) is 0 Å². The summed E-state index contributed by atoms with van der Waals surface area (Å²) in [7, 11) is 0. The molecular formula is C15H17N3O2. The summed E-state index contributed by atoms with van der Waals surface area (Å²) in [6, 6.07) is 9.75. The van der Waals surface area contributed by atoms with Crippen LogP contribution in [0, 0.1) is 5.92 Å². The van der Waals surface area contributed by atoms with E-state index in [0.717, 1.165) is 37.8 Å². The molecule has 5 heteroatoms. The average molecular weight is 271 g/mol. The van der Waals surface area contributed by atoms with E-state index in [1.54, 1.807) is 0 Å². The van der Waals surface area contributed by atoms with Crippen LogP contribution < -0.4 is 0 Å². The highest BCUT2D eigenvalue weighted by Crippen LogP contribution is 2.19. The van der Waals surface area contributed by atoms with Gasteiger partial charge in [0.15, 0.2) is 5.82 Å². The number of aromatic nitrogens is 2. The summed E-state index contributed by atoms with van der Waals surface area (Å²) >= 11 is 0. The van der Waals surface area contributed by atoms with Crippen molar-refractivity contribution in [3.05, 3.63) is 36.2 Å². The molecule has 0 aliphatic carbocycles. The normalized spacial score (nSPS) is 17.2. The predicted octanol–water partition coefficient (Wildman–Crippen LogP) is 2.15. The van der Waals surface area contributed by atoms with Gasteiger partial charge in [0.1, 0.15) is 6.29 Å². The van der Waals surface area contributed by atoms with Crippen molar-refractivity contribution in [2.24, 2.45) is 5.92 Å². The van der Waals surface area contributed by atoms with E-state index < -0.39 is 0 Å². The number of carbonyl (C=O) groups excluding carboxylic acids is 1. The SMILES string of the molecule is O=CC1CCN(Cc2noc(-c3ccccc3)n2)CC1. The number of nitrogens with zero attached hydrogens (tertiary/aromatic N) is 3. The molecule has 1 saturated heterocycles. The van der Waals surface area contributed by atoms with E-state index in [9.17, 15) is 4.79 Å². The van der Waals surface area contributed by atoms with Crippen LogP contribution in [0.15, 0.2) is 34.9 Å². The zero-order chi connectivity index (χ0) is 13.8. The molecule has 2 aromatic rings. The van der Waals surface area contributed by atoms with Crippen LogP contribution in [0.25, 0.3) is 11.5 Å². The Morgan fingerprint density at radius 2 is 2.00 bits per heavy atom. The number of carbonyl (C=O) groups is 1. The highest BCUT2D eigenvalue weighted by Gasteiger charge is 2.20. The van der Waals surface area contributed by atoms with E-state index in [2.05, 4.69) is 15.0 Å². The molecule has 1 aromatic heterocycles. The topological polar surface area (TPSA) is 59.2 Å². The Morgan fingerprint density at radius 3 is 2.70 bits per heavy atom. The number of hydrogen-bond acceptors (Lipinski definition) is 5. The Labute approximate surface area is 117 Å². The Hall–Kier alpha value is -2.01. The molecule has 0 spiro atoms. The first-order valence-electron chi connectivity index (χ1n) is 6.91. The first-order chi connectivity index (χ1) is 9.85. The summed E-state index contributed by atoms with van der Waals surface area (Å²) < 4.78 is 5.29. The van der Waals surface area contributed by atoms with Crippen molar-refractivity contribution in [3.8, 4) is 11.5 Å². The molecule has 1 fully saturated rings. The van der Waals surface area contributed by atoms with E-state index in [-0.39, 0.29) is 5.92 Å². The van der Waals surface area contributed by atoms with Gasteiger partial charge in [0.2, 0.25) is 0 Å². The van der Waals surface area contributed by atoms with Crippen LogP contribution in [-0.4, -0.2) is 34.4 Å². The summed E-state index contributed by atoms with van der Waals surface area (Å²) in [5.74, 6) is 1.48. The standard InChI is InChI=1S/C15H17N3O2/c19-11-12-6-8-18(9-7-12)10-14-16-15(20-17-14)13-4-2-1-3-5-13/h1-5,11-12H,6-10H2. The number of hydrogen-bond donors (Lipinski definition) is 0. The van der Waals surface area contributed by atoms with Crippen LogP contribution in [0.2, 0.25) is 0 Å². The first-order valence-corrected chi connectivity index (χ1v) is 6.91. The van der Waals surface area contributed by atoms with E-state index in [4.69, 9.17) is 4.52 Å². The van der Waals surface area contributed by atoms with Crippen molar-refractivity contribution < 1.29 is 9.32 Å². The Bertz CT molecular complexity index is 560. The second-order valence-corrected chi connectivity index (χ2v) is 5.13. The van der Waals surface area contributed by atoms with Gasteiger partial charge < -0.3 is 9.32 Å². The number of piperidine rings is 1. The van der Waals surface area contributed by atoms with Gasteiger partial charge in [0, 0.05) is 11.5 Å². The van der Waals surface area contributed by atoms with Crippen molar-refractivity contribution >= 4 is 6.29 Å². The fraction of sp³-hybridized carbons (Fsp3) is 0.400. The third kappa shape index (κ3) is 2.93. The third-order valence-electron chi connectivity index (χ3n) is 3.68. The zero-order valence-corrected chi connectivity index (χ0v) is 11.2. The molecule has 1 aliphatic heterocycles. The molecular weight excluding hydrogens is 254 g/mol. The molecule has 0 N–H and O–H groups in total. The summed E-state index contributed by atoms with van der Waals surface area (Å²) in [5.41, 5.74) is 0.936. The molecule has 0 saturated carbocycles. The maximum absolute atomic E-state index is 10.7. The van der Waals surface area contributed by atoms with Gasteiger partial charge in [-0.1, -0.05) is 23.4 Å². The van der Waals surface area contributed by atoms with Gasteiger partial charge in [-0.2, -0.15) is 4.98 Å². The highest BCUT2D eigenvalue weighted by atomic mass is 16.5. The molecule has 0 unspecified atom stereocenters. The molecule has 1 aromatic carbocycles. The summed E-state index contributed by atoms with van der Waals surface area (Å²) in [4.78, 5) is 17.4. The van der Waals surface area contributed by atoms with Crippen molar-refractivity contribution in [2.75, 3.05) is 13.1 Å².